The summed E-state index contributed by atoms with van der Waals surface area (Å²) in [6.45, 7) is 9.66. The molecule has 1 aliphatic rings. The first kappa shape index (κ1) is 23.1. The van der Waals surface area contributed by atoms with E-state index in [0.29, 0.717) is 17.9 Å². The molecule has 1 atom stereocenters. The molecule has 1 aromatic carbocycles. The number of Topliss-reactive ketones (excluding diaryl/α,β-unsaturated/α-hetero) is 1. The lowest BCUT2D eigenvalue weighted by Crippen LogP contribution is -2.49. The number of β-amino-alcohol motifs (C(OH)–C–C–N with tert-alkyl or cyclic N) is 1. The Morgan fingerprint density at radius 1 is 1.17 bits per heavy atom. The van der Waals surface area contributed by atoms with Crippen LogP contribution >= 0.6 is 24.8 Å². The van der Waals surface area contributed by atoms with Crippen LogP contribution in [0.4, 0.5) is 0 Å². The quantitative estimate of drug-likeness (QED) is 0.736. The molecular formula is C17H28Cl2N2O3. The highest BCUT2D eigenvalue weighted by Crippen LogP contribution is 2.18. The molecule has 0 amide bonds. The second-order valence-electron chi connectivity index (χ2n) is 5.75. The molecule has 1 fully saturated rings. The molecule has 24 heavy (non-hydrogen) atoms. The number of likely N-dealkylation sites (N-methyl/N-ethyl adjacent to an activating group) is 1. The molecule has 2 rings (SSSR count). The molecule has 0 radical (unpaired) electrons. The Labute approximate surface area is 156 Å². The maximum Gasteiger partial charge on any atom is 0.163 e. The number of benzene rings is 1. The normalized spacial score (nSPS) is 16.6. The van der Waals surface area contributed by atoms with Crippen LogP contribution in [0.2, 0.25) is 0 Å². The number of hydrogen-bond acceptors (Lipinski definition) is 5. The van der Waals surface area contributed by atoms with Crippen molar-refractivity contribution in [3.63, 3.8) is 0 Å². The van der Waals surface area contributed by atoms with Gasteiger partial charge in [-0.2, -0.15) is 0 Å². The molecule has 1 aliphatic heterocycles. The third-order valence-corrected chi connectivity index (χ3v) is 4.08. The molecule has 0 bridgehead atoms. The second-order valence-corrected chi connectivity index (χ2v) is 5.75. The molecule has 0 aromatic heterocycles. The lowest BCUT2D eigenvalue weighted by molar-refractivity contribution is 0.0468. The van der Waals surface area contributed by atoms with Crippen molar-refractivity contribution < 1.29 is 14.6 Å². The molecule has 1 saturated heterocycles. The number of carbonyl (C=O) groups excluding carboxylic acids is 1. The number of aliphatic hydroxyl groups excluding tert-OH is 1. The Morgan fingerprint density at radius 2 is 1.75 bits per heavy atom. The van der Waals surface area contributed by atoms with Crippen LogP contribution in [0.3, 0.4) is 0 Å². The van der Waals surface area contributed by atoms with Crippen LogP contribution in [-0.4, -0.2) is 72.7 Å². The number of nitrogens with zero attached hydrogens (tertiary/aromatic N) is 2. The van der Waals surface area contributed by atoms with Crippen LogP contribution in [0.1, 0.15) is 24.2 Å². The van der Waals surface area contributed by atoms with Crippen molar-refractivity contribution in [3.05, 3.63) is 29.8 Å². The number of halogens is 2. The number of hydrogen-bond donors (Lipinski definition) is 1. The second kappa shape index (κ2) is 11.7. The van der Waals surface area contributed by atoms with Gasteiger partial charge in [0.1, 0.15) is 18.5 Å². The summed E-state index contributed by atoms with van der Waals surface area (Å²) in [4.78, 5) is 16.2. The molecule has 7 heteroatoms. The van der Waals surface area contributed by atoms with Gasteiger partial charge in [0.2, 0.25) is 0 Å². The van der Waals surface area contributed by atoms with Crippen molar-refractivity contribution in [2.45, 2.75) is 20.0 Å². The Morgan fingerprint density at radius 3 is 2.33 bits per heavy atom. The fourth-order valence-electron chi connectivity index (χ4n) is 2.71. The van der Waals surface area contributed by atoms with Gasteiger partial charge >= 0.3 is 0 Å². The van der Waals surface area contributed by atoms with Gasteiger partial charge < -0.3 is 14.7 Å². The summed E-state index contributed by atoms with van der Waals surface area (Å²) in [5, 5.41) is 10.2. The molecule has 1 N–H and O–H groups in total. The number of rotatable bonds is 7. The van der Waals surface area contributed by atoms with Gasteiger partial charge in [0.25, 0.3) is 0 Å². The summed E-state index contributed by atoms with van der Waals surface area (Å²) in [6, 6.07) is 7.16. The minimum absolute atomic E-state index is 0. The largest absolute Gasteiger partial charge is 0.490 e. The molecule has 1 unspecified atom stereocenters. The standard InChI is InChI=1S/C17H26N2O3.2ClH/c1-3-18-8-10-19(11-9-18)12-15(21)13-22-17-7-5-4-6-16(17)14(2)20;;/h4-7,15,21H,3,8-13H2,1-2H3;2*1H. The molecule has 0 spiro atoms. The minimum Gasteiger partial charge on any atom is -0.490 e. The van der Waals surface area contributed by atoms with Gasteiger partial charge in [0, 0.05) is 32.7 Å². The first-order valence-electron chi connectivity index (χ1n) is 7.95. The smallest absolute Gasteiger partial charge is 0.163 e. The number of ether oxygens (including phenoxy) is 1. The summed E-state index contributed by atoms with van der Waals surface area (Å²) in [5.41, 5.74) is 0.561. The molecule has 1 heterocycles. The Balaban J connectivity index is 0.00000264. The van der Waals surface area contributed by atoms with E-state index in [4.69, 9.17) is 4.74 Å². The summed E-state index contributed by atoms with van der Waals surface area (Å²) in [5.74, 6) is 0.519. The van der Waals surface area contributed by atoms with Gasteiger partial charge in [-0.25, -0.2) is 0 Å². The molecule has 138 valence electrons. The zero-order chi connectivity index (χ0) is 15.9. The third kappa shape index (κ3) is 6.95. The van der Waals surface area contributed by atoms with E-state index in [1.807, 2.05) is 12.1 Å². The number of carbonyl (C=O) groups is 1. The topological polar surface area (TPSA) is 53.0 Å². The molecule has 5 nitrogen and oxygen atoms in total. The van der Waals surface area contributed by atoms with Gasteiger partial charge in [0.15, 0.2) is 5.78 Å². The lowest BCUT2D eigenvalue weighted by Gasteiger charge is -2.34. The van der Waals surface area contributed by atoms with E-state index in [2.05, 4.69) is 16.7 Å². The predicted molar refractivity (Wildman–Crippen MR) is 101 cm³/mol. The van der Waals surface area contributed by atoms with E-state index in [1.54, 1.807) is 12.1 Å². The van der Waals surface area contributed by atoms with E-state index < -0.39 is 6.10 Å². The van der Waals surface area contributed by atoms with Gasteiger partial charge in [-0.1, -0.05) is 19.1 Å². The first-order valence-corrected chi connectivity index (χ1v) is 7.95. The van der Waals surface area contributed by atoms with Crippen LogP contribution in [-0.2, 0) is 0 Å². The van der Waals surface area contributed by atoms with Gasteiger partial charge in [0.05, 0.1) is 5.56 Å². The number of piperazine rings is 1. The van der Waals surface area contributed by atoms with Gasteiger partial charge in [-0.3, -0.25) is 9.69 Å². The van der Waals surface area contributed by atoms with E-state index in [1.165, 1.54) is 6.92 Å². The monoisotopic (exact) mass is 378 g/mol. The maximum absolute atomic E-state index is 11.5. The van der Waals surface area contributed by atoms with Crippen molar-refractivity contribution in [2.24, 2.45) is 0 Å². The van der Waals surface area contributed by atoms with Crippen molar-refractivity contribution in [1.82, 2.24) is 9.80 Å². The molecule has 0 aliphatic carbocycles. The zero-order valence-electron chi connectivity index (χ0n) is 14.3. The highest BCUT2D eigenvalue weighted by atomic mass is 35.5. The minimum atomic E-state index is -0.548. The van der Waals surface area contributed by atoms with Crippen molar-refractivity contribution >= 4 is 30.6 Å². The number of ketones is 1. The Hall–Kier alpha value is -0.850. The van der Waals surface area contributed by atoms with E-state index in [0.717, 1.165) is 32.7 Å². The van der Waals surface area contributed by atoms with Crippen molar-refractivity contribution in [3.8, 4) is 5.75 Å². The van der Waals surface area contributed by atoms with Crippen LogP contribution in [0, 0.1) is 0 Å². The fraction of sp³-hybridized carbons (Fsp3) is 0.588. The zero-order valence-corrected chi connectivity index (χ0v) is 15.9. The van der Waals surface area contributed by atoms with E-state index in [9.17, 15) is 9.90 Å². The fourth-order valence-corrected chi connectivity index (χ4v) is 2.71. The highest BCUT2D eigenvalue weighted by Gasteiger charge is 2.19. The summed E-state index contributed by atoms with van der Waals surface area (Å²) < 4.78 is 5.64. The maximum atomic E-state index is 11.5. The van der Waals surface area contributed by atoms with Crippen LogP contribution in [0.15, 0.2) is 24.3 Å². The molecular weight excluding hydrogens is 351 g/mol. The number of aliphatic hydroxyl groups is 1. The molecule has 0 saturated carbocycles. The van der Waals surface area contributed by atoms with E-state index >= 15 is 0 Å². The average molecular weight is 379 g/mol. The molecule has 1 aromatic rings. The SMILES string of the molecule is CCN1CCN(CC(O)COc2ccccc2C(C)=O)CC1.Cl.Cl. The summed E-state index contributed by atoms with van der Waals surface area (Å²) >= 11 is 0. The lowest BCUT2D eigenvalue weighted by atomic mass is 10.1. The highest BCUT2D eigenvalue weighted by molar-refractivity contribution is 5.96. The van der Waals surface area contributed by atoms with Crippen LogP contribution in [0.5, 0.6) is 5.75 Å². The van der Waals surface area contributed by atoms with E-state index in [-0.39, 0.29) is 37.2 Å². The predicted octanol–water partition coefficient (Wildman–Crippen LogP) is 2.11. The van der Waals surface area contributed by atoms with Crippen molar-refractivity contribution in [2.75, 3.05) is 45.9 Å². The van der Waals surface area contributed by atoms with Gasteiger partial charge in [-0.15, -0.1) is 24.8 Å². The number of para-hydroxylation sites is 1. The van der Waals surface area contributed by atoms with Crippen molar-refractivity contribution in [1.29, 1.82) is 0 Å². The first-order chi connectivity index (χ1) is 10.6. The van der Waals surface area contributed by atoms with Crippen LogP contribution < -0.4 is 4.74 Å². The Kier molecular flexibility index (Phi) is 11.2. The third-order valence-electron chi connectivity index (χ3n) is 4.08. The van der Waals surface area contributed by atoms with Crippen LogP contribution in [0.25, 0.3) is 0 Å². The summed E-state index contributed by atoms with van der Waals surface area (Å²) in [7, 11) is 0. The summed E-state index contributed by atoms with van der Waals surface area (Å²) in [6.07, 6.45) is -0.548. The Bertz CT molecular complexity index is 494. The van der Waals surface area contributed by atoms with Gasteiger partial charge in [-0.05, 0) is 25.6 Å². The average Bonchev–Trinajstić information content (AvgIpc) is 2.54.